The van der Waals surface area contributed by atoms with Crippen molar-refractivity contribution in [1.82, 2.24) is 4.90 Å². The van der Waals surface area contributed by atoms with Crippen LogP contribution < -0.4 is 5.73 Å². The molecular weight excluding hydrogens is 260 g/mol. The zero-order valence-corrected chi connectivity index (χ0v) is 12.0. The Balaban J connectivity index is 1.78. The van der Waals surface area contributed by atoms with Gasteiger partial charge in [-0.3, -0.25) is 4.90 Å². The molecule has 1 aliphatic heterocycles. The average molecular weight is 280 g/mol. The van der Waals surface area contributed by atoms with E-state index in [1.807, 2.05) is 0 Å². The highest BCUT2D eigenvalue weighted by molar-refractivity contribution is 5.78. The molecule has 1 aliphatic carbocycles. The third kappa shape index (κ3) is 2.09. The molecule has 0 radical (unpaired) electrons. The minimum absolute atomic E-state index is 0.152. The van der Waals surface area contributed by atoms with Crippen molar-refractivity contribution in [3.63, 3.8) is 0 Å². The van der Waals surface area contributed by atoms with Gasteiger partial charge in [0.1, 0.15) is 0 Å². The van der Waals surface area contributed by atoms with Gasteiger partial charge in [0.15, 0.2) is 0 Å². The molecule has 4 rings (SSSR count). The van der Waals surface area contributed by atoms with E-state index in [9.17, 15) is 0 Å². The number of nitrogens with two attached hydrogens (primary N) is 1. The lowest BCUT2D eigenvalue weighted by Gasteiger charge is -2.37. The molecule has 2 aliphatic rings. The van der Waals surface area contributed by atoms with Crippen LogP contribution in [0, 0.1) is 0 Å². The molecule has 0 aromatic heterocycles. The number of fused-ring (bicyclic) bond motifs is 3. The Hall–Kier alpha value is -1.68. The van der Waals surface area contributed by atoms with Gasteiger partial charge < -0.3 is 10.5 Å². The van der Waals surface area contributed by atoms with Crippen molar-refractivity contribution < 1.29 is 4.74 Å². The summed E-state index contributed by atoms with van der Waals surface area (Å²) in [6, 6.07) is 17.8. The van der Waals surface area contributed by atoms with Crippen molar-refractivity contribution in [3.8, 4) is 11.1 Å². The lowest BCUT2D eigenvalue weighted by atomic mass is 10.0. The topological polar surface area (TPSA) is 38.5 Å². The van der Waals surface area contributed by atoms with Gasteiger partial charge in [-0.25, -0.2) is 0 Å². The average Bonchev–Trinajstić information content (AvgIpc) is 2.89. The predicted octanol–water partition coefficient (Wildman–Crippen LogP) is 2.42. The van der Waals surface area contributed by atoms with Crippen LogP contribution in [0.15, 0.2) is 48.5 Å². The number of hydrogen-bond acceptors (Lipinski definition) is 3. The van der Waals surface area contributed by atoms with Gasteiger partial charge in [-0.05, 0) is 22.3 Å². The first-order valence-electron chi connectivity index (χ1n) is 7.62. The van der Waals surface area contributed by atoms with Crippen LogP contribution >= 0.6 is 0 Å². The molecule has 1 heterocycles. The molecule has 1 unspecified atom stereocenters. The SMILES string of the molecule is NCC1CN(C2c3ccccc3-c3ccccc32)CCO1. The Morgan fingerprint density at radius 2 is 1.62 bits per heavy atom. The first kappa shape index (κ1) is 13.0. The molecule has 108 valence electrons. The lowest BCUT2D eigenvalue weighted by Crippen LogP contribution is -2.46. The van der Waals surface area contributed by atoms with Crippen molar-refractivity contribution in [3.05, 3.63) is 59.7 Å². The molecule has 2 aromatic rings. The van der Waals surface area contributed by atoms with Crippen LogP contribution in [0.2, 0.25) is 0 Å². The molecule has 1 saturated heterocycles. The monoisotopic (exact) mass is 280 g/mol. The molecule has 1 fully saturated rings. The smallest absolute Gasteiger partial charge is 0.0824 e. The van der Waals surface area contributed by atoms with E-state index in [1.54, 1.807) is 0 Å². The number of morpholine rings is 1. The second kappa shape index (κ2) is 5.26. The summed E-state index contributed by atoms with van der Waals surface area (Å²) in [6.07, 6.45) is 0.152. The summed E-state index contributed by atoms with van der Waals surface area (Å²) in [5.74, 6) is 0. The Bertz CT molecular complexity index is 610. The van der Waals surface area contributed by atoms with Gasteiger partial charge in [0.05, 0.1) is 18.8 Å². The Morgan fingerprint density at radius 3 is 2.24 bits per heavy atom. The molecule has 0 spiro atoms. The van der Waals surface area contributed by atoms with Crippen LogP contribution in [0.5, 0.6) is 0 Å². The number of rotatable bonds is 2. The molecule has 3 nitrogen and oxygen atoms in total. The second-order valence-corrected chi connectivity index (χ2v) is 5.80. The van der Waals surface area contributed by atoms with Crippen LogP contribution in [0.3, 0.4) is 0 Å². The van der Waals surface area contributed by atoms with E-state index in [-0.39, 0.29) is 6.10 Å². The molecule has 0 saturated carbocycles. The number of nitrogens with zero attached hydrogens (tertiary/aromatic N) is 1. The minimum Gasteiger partial charge on any atom is -0.374 e. The van der Waals surface area contributed by atoms with Gasteiger partial charge in [-0.1, -0.05) is 48.5 Å². The standard InChI is InChI=1S/C18H20N2O/c19-11-13-12-20(9-10-21-13)18-16-7-3-1-5-14(16)15-6-2-4-8-17(15)18/h1-8,13,18H,9-12,19H2. The maximum Gasteiger partial charge on any atom is 0.0824 e. The zero-order chi connectivity index (χ0) is 14.2. The van der Waals surface area contributed by atoms with E-state index in [0.717, 1.165) is 19.7 Å². The van der Waals surface area contributed by atoms with E-state index >= 15 is 0 Å². The van der Waals surface area contributed by atoms with Crippen molar-refractivity contribution in [2.24, 2.45) is 5.73 Å². The van der Waals surface area contributed by atoms with E-state index in [2.05, 4.69) is 53.4 Å². The molecule has 1 atom stereocenters. The maximum atomic E-state index is 5.80. The number of hydrogen-bond donors (Lipinski definition) is 1. The normalized spacial score (nSPS) is 22.0. The fourth-order valence-corrected chi connectivity index (χ4v) is 3.64. The largest absolute Gasteiger partial charge is 0.374 e. The van der Waals surface area contributed by atoms with Gasteiger partial charge in [-0.15, -0.1) is 0 Å². The predicted molar refractivity (Wildman–Crippen MR) is 84.1 cm³/mol. The molecule has 2 N–H and O–H groups in total. The molecule has 3 heteroatoms. The summed E-state index contributed by atoms with van der Waals surface area (Å²) in [5.41, 5.74) is 11.4. The van der Waals surface area contributed by atoms with Gasteiger partial charge in [0.2, 0.25) is 0 Å². The summed E-state index contributed by atoms with van der Waals surface area (Å²) in [7, 11) is 0. The molecule has 0 bridgehead atoms. The van der Waals surface area contributed by atoms with Crippen LogP contribution in [-0.4, -0.2) is 37.2 Å². The second-order valence-electron chi connectivity index (χ2n) is 5.80. The first-order valence-corrected chi connectivity index (χ1v) is 7.62. The lowest BCUT2D eigenvalue weighted by molar-refractivity contribution is -0.0329. The van der Waals surface area contributed by atoms with Gasteiger partial charge in [0, 0.05) is 19.6 Å². The van der Waals surface area contributed by atoms with Crippen LogP contribution in [0.1, 0.15) is 17.2 Å². The summed E-state index contributed by atoms with van der Waals surface area (Å²) in [4.78, 5) is 2.52. The van der Waals surface area contributed by atoms with Crippen LogP contribution in [-0.2, 0) is 4.74 Å². The van der Waals surface area contributed by atoms with Crippen molar-refractivity contribution >= 4 is 0 Å². The summed E-state index contributed by atoms with van der Waals surface area (Å²) in [6.45, 7) is 3.23. The highest BCUT2D eigenvalue weighted by atomic mass is 16.5. The van der Waals surface area contributed by atoms with Crippen LogP contribution in [0.25, 0.3) is 11.1 Å². The van der Waals surface area contributed by atoms with E-state index in [4.69, 9.17) is 10.5 Å². The minimum atomic E-state index is 0.152. The Labute approximate surface area is 125 Å². The number of ether oxygens (including phenoxy) is 1. The first-order chi connectivity index (χ1) is 10.4. The van der Waals surface area contributed by atoms with Gasteiger partial charge in [0.25, 0.3) is 0 Å². The van der Waals surface area contributed by atoms with Gasteiger partial charge in [-0.2, -0.15) is 0 Å². The van der Waals surface area contributed by atoms with Gasteiger partial charge >= 0.3 is 0 Å². The highest BCUT2D eigenvalue weighted by Gasteiger charge is 2.34. The van der Waals surface area contributed by atoms with E-state index in [1.165, 1.54) is 22.3 Å². The van der Waals surface area contributed by atoms with Crippen LogP contribution in [0.4, 0.5) is 0 Å². The van der Waals surface area contributed by atoms with Crippen molar-refractivity contribution in [2.75, 3.05) is 26.2 Å². The molecule has 0 amide bonds. The van der Waals surface area contributed by atoms with E-state index < -0.39 is 0 Å². The Kier molecular flexibility index (Phi) is 3.26. The van der Waals surface area contributed by atoms with E-state index in [0.29, 0.717) is 12.6 Å². The fraction of sp³-hybridized carbons (Fsp3) is 0.333. The highest BCUT2D eigenvalue weighted by Crippen LogP contribution is 2.46. The summed E-state index contributed by atoms with van der Waals surface area (Å²) in [5, 5.41) is 0. The maximum absolute atomic E-state index is 5.80. The third-order valence-electron chi connectivity index (χ3n) is 4.60. The molecular formula is C18H20N2O. The third-order valence-corrected chi connectivity index (χ3v) is 4.60. The molecule has 21 heavy (non-hydrogen) atoms. The van der Waals surface area contributed by atoms with Crippen molar-refractivity contribution in [1.29, 1.82) is 0 Å². The zero-order valence-electron chi connectivity index (χ0n) is 12.0. The quantitative estimate of drug-likeness (QED) is 0.918. The summed E-state index contributed by atoms with van der Waals surface area (Å²) >= 11 is 0. The Morgan fingerprint density at radius 1 is 1.00 bits per heavy atom. The van der Waals surface area contributed by atoms with Crippen molar-refractivity contribution in [2.45, 2.75) is 12.1 Å². The molecule has 2 aromatic carbocycles. The number of benzene rings is 2. The summed E-state index contributed by atoms with van der Waals surface area (Å²) < 4.78 is 5.73. The fourth-order valence-electron chi connectivity index (χ4n) is 3.64.